The Morgan fingerprint density at radius 1 is 1.18 bits per heavy atom. The first-order chi connectivity index (χ1) is 7.89. The first-order valence-corrected chi connectivity index (χ1v) is 7.33. The molecule has 0 amide bonds. The monoisotopic (exact) mass is 240 g/mol. The highest BCUT2D eigenvalue weighted by Crippen LogP contribution is 2.24. The van der Waals surface area contributed by atoms with Crippen LogP contribution in [0.25, 0.3) is 0 Å². The van der Waals surface area contributed by atoms with E-state index in [4.69, 9.17) is 5.73 Å². The van der Waals surface area contributed by atoms with Crippen molar-refractivity contribution < 1.29 is 0 Å². The van der Waals surface area contributed by atoms with E-state index in [0.29, 0.717) is 6.04 Å². The van der Waals surface area contributed by atoms with Gasteiger partial charge in [0.05, 0.1) is 0 Å². The van der Waals surface area contributed by atoms with Gasteiger partial charge in [0.25, 0.3) is 0 Å². The van der Waals surface area contributed by atoms with Gasteiger partial charge >= 0.3 is 0 Å². The van der Waals surface area contributed by atoms with E-state index in [1.165, 1.54) is 38.6 Å². The van der Waals surface area contributed by atoms with Gasteiger partial charge in [0, 0.05) is 12.6 Å². The lowest BCUT2D eigenvalue weighted by Gasteiger charge is -2.31. The molecule has 17 heavy (non-hydrogen) atoms. The van der Waals surface area contributed by atoms with E-state index < -0.39 is 0 Å². The van der Waals surface area contributed by atoms with Crippen LogP contribution in [0.1, 0.15) is 59.3 Å². The summed E-state index contributed by atoms with van der Waals surface area (Å²) in [5, 5.41) is 0. The number of rotatable bonds is 5. The molecule has 1 fully saturated rings. The number of nitrogens with zero attached hydrogens (tertiary/aromatic N) is 1. The third kappa shape index (κ3) is 5.87. The van der Waals surface area contributed by atoms with Gasteiger partial charge in [-0.2, -0.15) is 0 Å². The Labute approximate surface area is 108 Å². The second-order valence-electron chi connectivity index (χ2n) is 7.03. The Balaban J connectivity index is 2.18. The summed E-state index contributed by atoms with van der Waals surface area (Å²) in [6, 6.07) is 0.316. The molecule has 2 heteroatoms. The third-order valence-electron chi connectivity index (χ3n) is 4.23. The highest BCUT2D eigenvalue weighted by Gasteiger charge is 2.21. The molecule has 102 valence electrons. The maximum Gasteiger partial charge on any atom is 0.00998 e. The lowest BCUT2D eigenvalue weighted by atomic mass is 9.85. The Bertz CT molecular complexity index is 201. The van der Waals surface area contributed by atoms with Crippen molar-refractivity contribution in [3.63, 3.8) is 0 Å². The predicted molar refractivity (Wildman–Crippen MR) is 76.1 cm³/mol. The van der Waals surface area contributed by atoms with Crippen LogP contribution < -0.4 is 5.73 Å². The molecular weight excluding hydrogens is 208 g/mol. The second kappa shape index (κ2) is 6.75. The minimum atomic E-state index is 0.242. The van der Waals surface area contributed by atoms with Crippen LogP contribution in [0.3, 0.4) is 0 Å². The van der Waals surface area contributed by atoms with Crippen LogP contribution in [0.4, 0.5) is 0 Å². The largest absolute Gasteiger partial charge is 0.327 e. The molecule has 1 saturated carbocycles. The van der Waals surface area contributed by atoms with Crippen molar-refractivity contribution in [3.8, 4) is 0 Å². The number of nitrogens with two attached hydrogens (primary N) is 1. The van der Waals surface area contributed by atoms with Crippen LogP contribution in [-0.2, 0) is 0 Å². The summed E-state index contributed by atoms with van der Waals surface area (Å²) in [4.78, 5) is 2.49. The van der Waals surface area contributed by atoms with Crippen molar-refractivity contribution in [2.75, 3.05) is 20.1 Å². The normalized spacial score (nSPS) is 20.8. The minimum Gasteiger partial charge on any atom is -0.327 e. The summed E-state index contributed by atoms with van der Waals surface area (Å²) in [7, 11) is 2.25. The van der Waals surface area contributed by atoms with E-state index in [1.807, 2.05) is 0 Å². The molecule has 1 atom stereocenters. The maximum atomic E-state index is 6.21. The SMILES string of the molecule is CN(CCC(N)C(C)(C)C)CC1CCCCC1. The van der Waals surface area contributed by atoms with E-state index in [0.717, 1.165) is 18.9 Å². The average molecular weight is 240 g/mol. The van der Waals surface area contributed by atoms with Crippen LogP contribution in [0.15, 0.2) is 0 Å². The molecule has 1 unspecified atom stereocenters. The summed E-state index contributed by atoms with van der Waals surface area (Å²) >= 11 is 0. The van der Waals surface area contributed by atoms with E-state index in [-0.39, 0.29) is 5.41 Å². The van der Waals surface area contributed by atoms with Gasteiger partial charge in [-0.3, -0.25) is 0 Å². The lowest BCUT2D eigenvalue weighted by Crippen LogP contribution is -2.39. The Kier molecular flexibility index (Phi) is 5.94. The van der Waals surface area contributed by atoms with Crippen LogP contribution in [0.5, 0.6) is 0 Å². The zero-order valence-electron chi connectivity index (χ0n) is 12.3. The van der Waals surface area contributed by atoms with E-state index in [9.17, 15) is 0 Å². The van der Waals surface area contributed by atoms with Crippen LogP contribution in [-0.4, -0.2) is 31.1 Å². The van der Waals surface area contributed by atoms with Crippen molar-refractivity contribution in [2.24, 2.45) is 17.1 Å². The third-order valence-corrected chi connectivity index (χ3v) is 4.23. The van der Waals surface area contributed by atoms with Crippen LogP contribution >= 0.6 is 0 Å². The lowest BCUT2D eigenvalue weighted by molar-refractivity contribution is 0.210. The fourth-order valence-electron chi connectivity index (χ4n) is 2.69. The molecule has 2 N–H and O–H groups in total. The smallest absolute Gasteiger partial charge is 0.00998 e. The van der Waals surface area contributed by atoms with Crippen molar-refractivity contribution in [1.29, 1.82) is 0 Å². The molecule has 2 nitrogen and oxygen atoms in total. The summed E-state index contributed by atoms with van der Waals surface area (Å²) in [6.07, 6.45) is 8.34. The average Bonchev–Trinajstić information content (AvgIpc) is 2.26. The molecule has 0 radical (unpaired) electrons. The van der Waals surface area contributed by atoms with Crippen LogP contribution in [0, 0.1) is 11.3 Å². The zero-order chi connectivity index (χ0) is 12.9. The molecule has 0 spiro atoms. The molecular formula is C15H32N2. The van der Waals surface area contributed by atoms with Crippen molar-refractivity contribution in [2.45, 2.75) is 65.3 Å². The molecule has 0 heterocycles. The topological polar surface area (TPSA) is 29.3 Å². The van der Waals surface area contributed by atoms with Gasteiger partial charge in [-0.15, -0.1) is 0 Å². The van der Waals surface area contributed by atoms with Gasteiger partial charge < -0.3 is 10.6 Å². The Morgan fingerprint density at radius 2 is 1.76 bits per heavy atom. The van der Waals surface area contributed by atoms with Crippen molar-refractivity contribution in [3.05, 3.63) is 0 Å². The molecule has 1 aliphatic rings. The highest BCUT2D eigenvalue weighted by molar-refractivity contribution is 4.78. The quantitative estimate of drug-likeness (QED) is 0.799. The van der Waals surface area contributed by atoms with Gasteiger partial charge in [0.15, 0.2) is 0 Å². The highest BCUT2D eigenvalue weighted by atomic mass is 15.1. The summed E-state index contributed by atoms with van der Waals surface area (Å²) in [6.45, 7) is 9.13. The molecule has 1 rings (SSSR count). The number of hydrogen-bond donors (Lipinski definition) is 1. The maximum absolute atomic E-state index is 6.21. The van der Waals surface area contributed by atoms with Gasteiger partial charge in [-0.1, -0.05) is 40.0 Å². The molecule has 0 aromatic carbocycles. The number of hydrogen-bond acceptors (Lipinski definition) is 2. The Morgan fingerprint density at radius 3 is 2.29 bits per heavy atom. The molecule has 0 aromatic rings. The minimum absolute atomic E-state index is 0.242. The zero-order valence-corrected chi connectivity index (χ0v) is 12.3. The first kappa shape index (κ1) is 15.0. The van der Waals surface area contributed by atoms with Gasteiger partial charge in [-0.25, -0.2) is 0 Å². The van der Waals surface area contributed by atoms with Crippen molar-refractivity contribution >= 4 is 0 Å². The predicted octanol–water partition coefficient (Wildman–Crippen LogP) is 3.26. The Hall–Kier alpha value is -0.0800. The fourth-order valence-corrected chi connectivity index (χ4v) is 2.69. The van der Waals surface area contributed by atoms with Gasteiger partial charge in [0.1, 0.15) is 0 Å². The van der Waals surface area contributed by atoms with Gasteiger partial charge in [0.2, 0.25) is 0 Å². The summed E-state index contributed by atoms with van der Waals surface area (Å²) in [5.41, 5.74) is 6.45. The standard InChI is InChI=1S/C15H32N2/c1-15(2,3)14(16)10-11-17(4)12-13-8-6-5-7-9-13/h13-14H,5-12,16H2,1-4H3. The molecule has 1 aliphatic carbocycles. The first-order valence-electron chi connectivity index (χ1n) is 7.33. The van der Waals surface area contributed by atoms with E-state index in [2.05, 4.69) is 32.7 Å². The van der Waals surface area contributed by atoms with Crippen molar-refractivity contribution in [1.82, 2.24) is 4.90 Å². The molecule has 0 aliphatic heterocycles. The molecule has 0 saturated heterocycles. The van der Waals surface area contributed by atoms with Crippen LogP contribution in [0.2, 0.25) is 0 Å². The second-order valence-corrected chi connectivity index (χ2v) is 7.03. The summed E-state index contributed by atoms with van der Waals surface area (Å²) in [5.74, 6) is 0.944. The fraction of sp³-hybridized carbons (Fsp3) is 1.00. The van der Waals surface area contributed by atoms with E-state index >= 15 is 0 Å². The van der Waals surface area contributed by atoms with E-state index in [1.54, 1.807) is 0 Å². The molecule has 0 bridgehead atoms. The van der Waals surface area contributed by atoms with Gasteiger partial charge in [-0.05, 0) is 44.2 Å². The molecule has 0 aromatic heterocycles. The summed E-state index contributed by atoms with van der Waals surface area (Å²) < 4.78 is 0.